The molecule has 0 aliphatic heterocycles. The van der Waals surface area contributed by atoms with Crippen LogP contribution in [0.2, 0.25) is 0 Å². The van der Waals surface area contributed by atoms with Crippen LogP contribution in [0, 0.1) is 0 Å². The normalized spacial score (nSPS) is 14.6. The molecule has 5 N–H and O–H groups in total. The third kappa shape index (κ3) is 5.10. The summed E-state index contributed by atoms with van der Waals surface area (Å²) >= 11 is 0. The summed E-state index contributed by atoms with van der Waals surface area (Å²) in [6.07, 6.45) is 2.00. The van der Waals surface area contributed by atoms with E-state index in [1.807, 2.05) is 0 Å². The van der Waals surface area contributed by atoms with Gasteiger partial charge in [-0.3, -0.25) is 9.00 Å². The molecule has 2 unspecified atom stereocenters. The topological polar surface area (TPSA) is 132 Å². The second kappa shape index (κ2) is 7.01. The average Bonchev–Trinajstić information content (AvgIpc) is 2.35. The summed E-state index contributed by atoms with van der Waals surface area (Å²) in [5.74, 6) is -0.280. The highest BCUT2D eigenvalue weighted by Crippen LogP contribution is 2.20. The molecule has 0 fully saturated rings. The van der Waals surface area contributed by atoms with E-state index < -0.39 is 26.7 Å². The van der Waals surface area contributed by atoms with Crippen LogP contribution >= 0.6 is 0 Å². The van der Waals surface area contributed by atoms with E-state index in [1.165, 1.54) is 18.2 Å². The van der Waals surface area contributed by atoms with Gasteiger partial charge in [0.05, 0.1) is 5.69 Å². The van der Waals surface area contributed by atoms with Crippen molar-refractivity contribution in [1.29, 1.82) is 0 Å². The Morgan fingerprint density at radius 1 is 1.43 bits per heavy atom. The minimum absolute atomic E-state index is 0.0509. The van der Waals surface area contributed by atoms with Crippen molar-refractivity contribution in [2.75, 3.05) is 17.7 Å². The average molecular weight is 333 g/mol. The summed E-state index contributed by atoms with van der Waals surface area (Å²) in [5.41, 5.74) is 10.9. The van der Waals surface area contributed by atoms with E-state index in [4.69, 9.17) is 11.5 Å². The smallest absolute Gasteiger partial charge is 0.248 e. The molecule has 1 amide bonds. The molecule has 0 aliphatic carbocycles. The molecule has 1 aromatic carbocycles. The molecular formula is C12H19N3O4S2. The van der Waals surface area contributed by atoms with Gasteiger partial charge in [0.2, 0.25) is 15.9 Å². The molecule has 1 rings (SSSR count). The minimum atomic E-state index is -3.81. The Balaban J connectivity index is 2.93. The number of carbonyl (C=O) groups excluding carboxylic acids is 1. The molecule has 0 bridgehead atoms. The molecule has 0 radical (unpaired) electrons. The largest absolute Gasteiger partial charge is 0.398 e. The number of nitrogens with one attached hydrogen (secondary N) is 1. The van der Waals surface area contributed by atoms with Gasteiger partial charge >= 0.3 is 0 Å². The highest BCUT2D eigenvalue weighted by atomic mass is 32.2. The number of nitrogen functional groups attached to an aromatic ring is 1. The summed E-state index contributed by atoms with van der Waals surface area (Å²) < 4.78 is 37.9. The van der Waals surface area contributed by atoms with Gasteiger partial charge in [0, 0.05) is 34.4 Å². The first kappa shape index (κ1) is 17.6. The van der Waals surface area contributed by atoms with Crippen LogP contribution in [0.25, 0.3) is 0 Å². The Hall–Kier alpha value is -1.45. The number of nitrogens with two attached hydrogens (primary N) is 2. The van der Waals surface area contributed by atoms with Crippen molar-refractivity contribution < 1.29 is 17.4 Å². The second-order valence-electron chi connectivity index (χ2n) is 4.71. The Bertz CT molecular complexity index is 658. The van der Waals surface area contributed by atoms with Crippen molar-refractivity contribution in [3.8, 4) is 0 Å². The first-order valence-corrected chi connectivity index (χ1v) is 9.36. The van der Waals surface area contributed by atoms with Gasteiger partial charge < -0.3 is 11.5 Å². The zero-order valence-corrected chi connectivity index (χ0v) is 13.5. The van der Waals surface area contributed by atoms with Gasteiger partial charge in [0.1, 0.15) is 4.90 Å². The number of hydrogen-bond acceptors (Lipinski definition) is 5. The quantitative estimate of drug-likeness (QED) is 0.595. The van der Waals surface area contributed by atoms with Crippen molar-refractivity contribution >= 4 is 32.4 Å². The van der Waals surface area contributed by atoms with E-state index >= 15 is 0 Å². The summed E-state index contributed by atoms with van der Waals surface area (Å²) in [5, 5.41) is 0. The Morgan fingerprint density at radius 3 is 2.52 bits per heavy atom. The van der Waals surface area contributed by atoms with Crippen molar-refractivity contribution in [3.05, 3.63) is 23.8 Å². The fourth-order valence-corrected chi connectivity index (χ4v) is 3.75. The predicted octanol–water partition coefficient (Wildman–Crippen LogP) is -0.197. The monoisotopic (exact) mass is 333 g/mol. The summed E-state index contributed by atoms with van der Waals surface area (Å²) in [4.78, 5) is 10.9. The van der Waals surface area contributed by atoms with Crippen molar-refractivity contribution in [2.45, 2.75) is 24.3 Å². The molecule has 0 aromatic heterocycles. The lowest BCUT2D eigenvalue weighted by atomic mass is 10.2. The number of amides is 1. The van der Waals surface area contributed by atoms with Crippen molar-refractivity contribution in [3.63, 3.8) is 0 Å². The molecule has 0 aliphatic rings. The van der Waals surface area contributed by atoms with E-state index in [2.05, 4.69) is 4.72 Å². The van der Waals surface area contributed by atoms with Crippen LogP contribution in [-0.2, 0) is 20.8 Å². The molecule has 118 valence electrons. The zero-order chi connectivity index (χ0) is 16.2. The van der Waals surface area contributed by atoms with Crippen molar-refractivity contribution in [2.24, 2.45) is 5.73 Å². The van der Waals surface area contributed by atoms with E-state index in [0.717, 1.165) is 0 Å². The van der Waals surface area contributed by atoms with E-state index in [0.29, 0.717) is 12.2 Å². The second-order valence-corrected chi connectivity index (χ2v) is 7.94. The molecule has 7 nitrogen and oxygen atoms in total. The number of anilines is 1. The molecule has 0 saturated heterocycles. The van der Waals surface area contributed by atoms with E-state index in [1.54, 1.807) is 13.2 Å². The fourth-order valence-electron chi connectivity index (χ4n) is 1.68. The maximum absolute atomic E-state index is 12.2. The van der Waals surface area contributed by atoms with Gasteiger partial charge in [-0.15, -0.1) is 0 Å². The number of hydrogen-bond donors (Lipinski definition) is 3. The van der Waals surface area contributed by atoms with Gasteiger partial charge in [0.25, 0.3) is 0 Å². The molecule has 0 saturated carbocycles. The van der Waals surface area contributed by atoms with Crippen LogP contribution in [0.1, 0.15) is 23.7 Å². The Kier molecular flexibility index (Phi) is 5.87. The summed E-state index contributed by atoms with van der Waals surface area (Å²) in [6.45, 7) is 1.68. The van der Waals surface area contributed by atoms with Crippen LogP contribution in [0.4, 0.5) is 5.69 Å². The lowest BCUT2D eigenvalue weighted by Crippen LogP contribution is -2.34. The van der Waals surface area contributed by atoms with Crippen LogP contribution < -0.4 is 16.2 Å². The summed E-state index contributed by atoms with van der Waals surface area (Å²) in [6, 6.07) is 3.39. The van der Waals surface area contributed by atoms with Crippen LogP contribution in [0.3, 0.4) is 0 Å². The van der Waals surface area contributed by atoms with E-state index in [9.17, 15) is 17.4 Å². The van der Waals surface area contributed by atoms with Gasteiger partial charge in [-0.05, 0) is 31.5 Å². The molecule has 1 aromatic rings. The molecule has 2 atom stereocenters. The highest BCUT2D eigenvalue weighted by molar-refractivity contribution is 7.89. The van der Waals surface area contributed by atoms with Crippen molar-refractivity contribution in [1.82, 2.24) is 4.72 Å². The lowest BCUT2D eigenvalue weighted by Gasteiger charge is -2.15. The van der Waals surface area contributed by atoms with Crippen LogP contribution in [-0.4, -0.2) is 36.6 Å². The first-order valence-electron chi connectivity index (χ1n) is 6.15. The molecule has 21 heavy (non-hydrogen) atoms. The SMILES string of the molecule is CC(CCS(C)=O)NS(=O)(=O)c1ccc(C(N)=O)cc1N. The fraction of sp³-hybridized carbons (Fsp3) is 0.417. The number of benzene rings is 1. The highest BCUT2D eigenvalue weighted by Gasteiger charge is 2.20. The zero-order valence-electron chi connectivity index (χ0n) is 11.8. The molecular weight excluding hydrogens is 314 g/mol. The van der Waals surface area contributed by atoms with Gasteiger partial charge in [-0.2, -0.15) is 0 Å². The first-order chi connectivity index (χ1) is 9.63. The molecule has 0 heterocycles. The maximum atomic E-state index is 12.2. The number of carbonyl (C=O) groups is 1. The molecule has 0 spiro atoms. The Labute approximate surface area is 126 Å². The molecule has 9 heteroatoms. The number of rotatable bonds is 7. The number of sulfonamides is 1. The van der Waals surface area contributed by atoms with Crippen LogP contribution in [0.15, 0.2) is 23.1 Å². The third-order valence-corrected chi connectivity index (χ3v) is 5.25. The standard InChI is InChI=1S/C12H19N3O4S2/c1-8(5-6-20(2)17)15-21(18,19)11-4-3-9(12(14)16)7-10(11)13/h3-4,7-8,15H,5-6,13H2,1-2H3,(H2,14,16). The van der Waals surface area contributed by atoms with Gasteiger partial charge in [-0.25, -0.2) is 13.1 Å². The number of primary amides is 1. The van der Waals surface area contributed by atoms with Crippen LogP contribution in [0.5, 0.6) is 0 Å². The maximum Gasteiger partial charge on any atom is 0.248 e. The third-order valence-electron chi connectivity index (χ3n) is 2.78. The van der Waals surface area contributed by atoms with Gasteiger partial charge in [-0.1, -0.05) is 0 Å². The minimum Gasteiger partial charge on any atom is -0.398 e. The lowest BCUT2D eigenvalue weighted by molar-refractivity contribution is 0.1000. The summed E-state index contributed by atoms with van der Waals surface area (Å²) in [7, 11) is -4.79. The Morgan fingerprint density at radius 2 is 2.05 bits per heavy atom. The predicted molar refractivity (Wildman–Crippen MR) is 82.7 cm³/mol. The van der Waals surface area contributed by atoms with E-state index in [-0.39, 0.29) is 22.2 Å². The van der Waals surface area contributed by atoms with Gasteiger partial charge in [0.15, 0.2) is 0 Å².